The Kier molecular flexibility index (Phi) is 26.8. The van der Waals surface area contributed by atoms with E-state index in [1.54, 1.807) is 0 Å². The second-order valence-electron chi connectivity index (χ2n) is 12.6. The lowest BCUT2D eigenvalue weighted by molar-refractivity contribution is -0.161. The summed E-state index contributed by atoms with van der Waals surface area (Å²) in [6.07, 6.45) is 34.7. The van der Waals surface area contributed by atoms with Gasteiger partial charge in [0.2, 0.25) is 0 Å². The molecule has 0 spiro atoms. The van der Waals surface area contributed by atoms with E-state index in [-0.39, 0.29) is 31.7 Å². The average molecular weight is 685 g/mol. The standard InChI is InChI=1S/C37H65O9P/c1-3-5-7-9-11-13-14-16-18-20-26-30-37(39)45-33(32-44-47(40,41)42)31-43-36(38)29-25-22-21-24-28-35-34(46-35)27-23-19-17-15-12-10-8-6-4-2/h12,15,19,21,23-24,33-35H,3-11,13-14,16-18,20,22,25-32H2,1-2H3,(H2,40,41,42)/b15-12-,23-19-,24-21-/t33-,34?,35?/m1/s1. The average Bonchev–Trinajstić information content (AvgIpc) is 3.79. The minimum atomic E-state index is -4.76. The summed E-state index contributed by atoms with van der Waals surface area (Å²) in [6.45, 7) is 3.57. The van der Waals surface area contributed by atoms with E-state index in [0.717, 1.165) is 51.4 Å². The highest BCUT2D eigenvalue weighted by Crippen LogP contribution is 2.36. The summed E-state index contributed by atoms with van der Waals surface area (Å²) in [5, 5.41) is 0. The zero-order valence-electron chi connectivity index (χ0n) is 29.4. The van der Waals surface area contributed by atoms with Crippen LogP contribution in [0.5, 0.6) is 0 Å². The van der Waals surface area contributed by atoms with Gasteiger partial charge in [-0.1, -0.05) is 127 Å². The highest BCUT2D eigenvalue weighted by molar-refractivity contribution is 7.46. The van der Waals surface area contributed by atoms with Crippen LogP contribution in [0.1, 0.15) is 155 Å². The maximum Gasteiger partial charge on any atom is 0.469 e. The van der Waals surface area contributed by atoms with E-state index >= 15 is 0 Å². The summed E-state index contributed by atoms with van der Waals surface area (Å²) in [7, 11) is -4.76. The highest BCUT2D eigenvalue weighted by Gasteiger charge is 2.36. The molecule has 272 valence electrons. The molecule has 0 amide bonds. The SMILES string of the molecule is CCCCC/C=C\C/C=C\CC1OC1C/C=C\CCCC(=O)OC[C@H](COP(=O)(O)O)OC(=O)CCCCCCCCCCCCC. The molecule has 1 aliphatic heterocycles. The number of carbonyl (C=O) groups is 2. The predicted molar refractivity (Wildman–Crippen MR) is 188 cm³/mol. The van der Waals surface area contributed by atoms with E-state index in [2.05, 4.69) is 48.8 Å². The molecule has 0 radical (unpaired) electrons. The molecule has 0 saturated carbocycles. The van der Waals surface area contributed by atoms with Crippen LogP contribution < -0.4 is 0 Å². The monoisotopic (exact) mass is 684 g/mol. The number of phosphoric ester groups is 1. The van der Waals surface area contributed by atoms with Crippen molar-refractivity contribution in [1.29, 1.82) is 0 Å². The van der Waals surface area contributed by atoms with Crippen LogP contribution in [-0.2, 0) is 32.9 Å². The minimum Gasteiger partial charge on any atom is -0.462 e. The molecule has 0 bridgehead atoms. The van der Waals surface area contributed by atoms with Gasteiger partial charge in [-0.3, -0.25) is 14.1 Å². The number of allylic oxidation sites excluding steroid dienone is 4. The normalized spacial score (nSPS) is 17.2. The molecule has 10 heteroatoms. The summed E-state index contributed by atoms with van der Waals surface area (Å²) in [6, 6.07) is 0. The lowest BCUT2D eigenvalue weighted by Crippen LogP contribution is -2.29. The van der Waals surface area contributed by atoms with E-state index in [1.807, 2.05) is 6.08 Å². The molecular weight excluding hydrogens is 619 g/mol. The van der Waals surface area contributed by atoms with Gasteiger partial charge in [0.1, 0.15) is 6.61 Å². The van der Waals surface area contributed by atoms with Gasteiger partial charge < -0.3 is 24.0 Å². The fraction of sp³-hybridized carbons (Fsp3) is 0.784. The Morgan fingerprint density at radius 2 is 1.17 bits per heavy atom. The smallest absolute Gasteiger partial charge is 0.462 e. The first-order valence-corrected chi connectivity index (χ1v) is 19.9. The number of ether oxygens (including phenoxy) is 3. The third-order valence-electron chi connectivity index (χ3n) is 8.06. The van der Waals surface area contributed by atoms with Crippen LogP contribution in [0.2, 0.25) is 0 Å². The zero-order valence-corrected chi connectivity index (χ0v) is 30.3. The van der Waals surface area contributed by atoms with Crippen molar-refractivity contribution < 1.29 is 42.7 Å². The van der Waals surface area contributed by atoms with Crippen molar-refractivity contribution in [3.63, 3.8) is 0 Å². The molecule has 0 aromatic carbocycles. The van der Waals surface area contributed by atoms with Gasteiger partial charge in [-0.15, -0.1) is 0 Å². The maximum atomic E-state index is 12.3. The first kappa shape index (κ1) is 43.3. The van der Waals surface area contributed by atoms with Crippen molar-refractivity contribution >= 4 is 19.8 Å². The van der Waals surface area contributed by atoms with Gasteiger partial charge in [-0.2, -0.15) is 0 Å². The Morgan fingerprint density at radius 3 is 1.81 bits per heavy atom. The predicted octanol–water partition coefficient (Wildman–Crippen LogP) is 9.61. The van der Waals surface area contributed by atoms with Crippen LogP contribution in [-0.4, -0.2) is 53.3 Å². The molecule has 0 aromatic rings. The molecule has 1 rings (SSSR count). The molecule has 2 unspecified atom stereocenters. The first-order valence-electron chi connectivity index (χ1n) is 18.4. The number of hydrogen-bond acceptors (Lipinski definition) is 7. The van der Waals surface area contributed by atoms with Crippen LogP contribution in [0.3, 0.4) is 0 Å². The first-order chi connectivity index (χ1) is 22.7. The van der Waals surface area contributed by atoms with Crippen LogP contribution in [0.4, 0.5) is 0 Å². The van der Waals surface area contributed by atoms with Crippen LogP contribution >= 0.6 is 7.82 Å². The molecule has 3 atom stereocenters. The number of phosphoric acid groups is 1. The van der Waals surface area contributed by atoms with Gasteiger partial charge in [-0.05, 0) is 51.4 Å². The van der Waals surface area contributed by atoms with Crippen molar-refractivity contribution in [1.82, 2.24) is 0 Å². The van der Waals surface area contributed by atoms with Crippen molar-refractivity contribution in [3.8, 4) is 0 Å². The zero-order chi connectivity index (χ0) is 34.4. The quantitative estimate of drug-likeness (QED) is 0.0234. The summed E-state index contributed by atoms with van der Waals surface area (Å²) in [5.41, 5.74) is 0. The summed E-state index contributed by atoms with van der Waals surface area (Å²) < 4.78 is 32.0. The number of hydrogen-bond donors (Lipinski definition) is 2. The van der Waals surface area contributed by atoms with E-state index in [0.29, 0.717) is 12.8 Å². The Balaban J connectivity index is 2.15. The number of unbranched alkanes of at least 4 members (excludes halogenated alkanes) is 14. The topological polar surface area (TPSA) is 132 Å². The van der Waals surface area contributed by atoms with E-state index in [4.69, 9.17) is 24.0 Å². The molecule has 47 heavy (non-hydrogen) atoms. The fourth-order valence-electron chi connectivity index (χ4n) is 5.17. The molecule has 1 aliphatic rings. The lowest BCUT2D eigenvalue weighted by atomic mass is 10.1. The van der Waals surface area contributed by atoms with Gasteiger partial charge in [0.25, 0.3) is 0 Å². The van der Waals surface area contributed by atoms with Crippen molar-refractivity contribution in [2.75, 3.05) is 13.2 Å². The number of carbonyl (C=O) groups excluding carboxylic acids is 2. The number of epoxide rings is 1. The molecule has 0 aliphatic carbocycles. The highest BCUT2D eigenvalue weighted by atomic mass is 31.2. The largest absolute Gasteiger partial charge is 0.469 e. The molecule has 0 aromatic heterocycles. The second kappa shape index (κ2) is 29.2. The van der Waals surface area contributed by atoms with Crippen molar-refractivity contribution in [3.05, 3.63) is 36.5 Å². The van der Waals surface area contributed by atoms with Crippen molar-refractivity contribution in [2.24, 2.45) is 0 Å². The molecule has 9 nitrogen and oxygen atoms in total. The third-order valence-corrected chi connectivity index (χ3v) is 8.55. The van der Waals surface area contributed by atoms with E-state index in [9.17, 15) is 14.2 Å². The Morgan fingerprint density at radius 1 is 0.660 bits per heavy atom. The van der Waals surface area contributed by atoms with Gasteiger partial charge >= 0.3 is 19.8 Å². The summed E-state index contributed by atoms with van der Waals surface area (Å²) in [5.74, 6) is -0.959. The molecular formula is C37H65O9P. The van der Waals surface area contributed by atoms with Gasteiger partial charge in [0.15, 0.2) is 6.10 Å². The van der Waals surface area contributed by atoms with E-state index < -0.39 is 32.5 Å². The van der Waals surface area contributed by atoms with Crippen LogP contribution in [0.25, 0.3) is 0 Å². The summed E-state index contributed by atoms with van der Waals surface area (Å²) >= 11 is 0. The van der Waals surface area contributed by atoms with Gasteiger partial charge in [-0.25, -0.2) is 4.57 Å². The lowest BCUT2D eigenvalue weighted by Gasteiger charge is -2.18. The van der Waals surface area contributed by atoms with Crippen LogP contribution in [0.15, 0.2) is 36.5 Å². The molecule has 1 saturated heterocycles. The van der Waals surface area contributed by atoms with Crippen molar-refractivity contribution in [2.45, 2.75) is 173 Å². The Hall–Kier alpha value is -1.77. The van der Waals surface area contributed by atoms with Gasteiger partial charge in [0.05, 0.1) is 18.8 Å². The summed E-state index contributed by atoms with van der Waals surface area (Å²) in [4.78, 5) is 42.6. The fourth-order valence-corrected chi connectivity index (χ4v) is 5.53. The molecule has 1 fully saturated rings. The van der Waals surface area contributed by atoms with Gasteiger partial charge in [0, 0.05) is 12.8 Å². The minimum absolute atomic E-state index is 0.184. The van der Waals surface area contributed by atoms with E-state index in [1.165, 1.54) is 64.2 Å². The molecule has 2 N–H and O–H groups in total. The maximum absolute atomic E-state index is 12.3. The Bertz CT molecular complexity index is 927. The second-order valence-corrected chi connectivity index (χ2v) is 13.8. The third kappa shape index (κ3) is 28.9. The Labute approximate surface area is 285 Å². The number of esters is 2. The van der Waals surface area contributed by atoms with Crippen LogP contribution in [0, 0.1) is 0 Å². The number of rotatable bonds is 32. The molecule has 1 heterocycles.